The molecule has 1 aromatic heterocycles. The lowest BCUT2D eigenvalue weighted by Gasteiger charge is -2.37. The summed E-state index contributed by atoms with van der Waals surface area (Å²) >= 11 is 0. The maximum atomic E-state index is 11.2. The summed E-state index contributed by atoms with van der Waals surface area (Å²) in [6, 6.07) is 4.23. The van der Waals surface area contributed by atoms with Crippen molar-refractivity contribution in [2.45, 2.75) is 25.8 Å². The first-order valence-corrected chi connectivity index (χ1v) is 6.80. The quantitative estimate of drug-likeness (QED) is 0.849. The third-order valence-electron chi connectivity index (χ3n) is 3.98. The summed E-state index contributed by atoms with van der Waals surface area (Å²) in [5, 5.41) is 3.32. The number of carbonyl (C=O) groups excluding carboxylic acids is 1. The highest BCUT2D eigenvalue weighted by atomic mass is 16.1. The number of nitrogens with one attached hydrogen (secondary N) is 1. The van der Waals surface area contributed by atoms with E-state index < -0.39 is 5.91 Å². The summed E-state index contributed by atoms with van der Waals surface area (Å²) in [4.78, 5) is 17.5. The first kappa shape index (κ1) is 13.8. The fourth-order valence-corrected chi connectivity index (χ4v) is 2.64. The molecule has 0 aromatic carbocycles. The van der Waals surface area contributed by atoms with Crippen LogP contribution in [0, 0.1) is 5.92 Å². The zero-order chi connectivity index (χ0) is 13.8. The molecule has 0 spiro atoms. The van der Waals surface area contributed by atoms with Crippen LogP contribution >= 0.6 is 0 Å². The molecule has 1 aromatic rings. The summed E-state index contributed by atoms with van der Waals surface area (Å²) in [6.07, 6.45) is 4.07. The van der Waals surface area contributed by atoms with Gasteiger partial charge in [0.05, 0.1) is 0 Å². The van der Waals surface area contributed by atoms with E-state index in [2.05, 4.69) is 22.1 Å². The van der Waals surface area contributed by atoms with Crippen molar-refractivity contribution in [2.75, 3.05) is 25.0 Å². The van der Waals surface area contributed by atoms with E-state index in [1.807, 2.05) is 13.1 Å². The molecule has 5 nitrogen and oxygen atoms in total. The summed E-state index contributed by atoms with van der Waals surface area (Å²) in [5.41, 5.74) is 6.65. The van der Waals surface area contributed by atoms with Gasteiger partial charge < -0.3 is 16.0 Å². The van der Waals surface area contributed by atoms with E-state index in [0.29, 0.717) is 17.7 Å². The molecule has 2 atom stereocenters. The van der Waals surface area contributed by atoms with Crippen LogP contribution in [0.1, 0.15) is 30.3 Å². The maximum Gasteiger partial charge on any atom is 0.267 e. The minimum absolute atomic E-state index is 0.335. The topological polar surface area (TPSA) is 71.2 Å². The fourth-order valence-electron chi connectivity index (χ4n) is 2.64. The molecule has 1 aliphatic heterocycles. The molecule has 1 aliphatic rings. The Labute approximate surface area is 114 Å². The number of nitrogens with two attached hydrogens (primary N) is 1. The van der Waals surface area contributed by atoms with Gasteiger partial charge in [-0.3, -0.25) is 9.78 Å². The molecule has 2 rings (SSSR count). The number of rotatable bonds is 4. The first-order valence-electron chi connectivity index (χ1n) is 6.80. The Balaban J connectivity index is 2.12. The van der Waals surface area contributed by atoms with Crippen LogP contribution in [-0.2, 0) is 0 Å². The van der Waals surface area contributed by atoms with E-state index in [0.717, 1.165) is 18.8 Å². The van der Waals surface area contributed by atoms with Crippen LogP contribution in [0.25, 0.3) is 0 Å². The third-order valence-corrected chi connectivity index (χ3v) is 3.98. The fraction of sp³-hybridized carbons (Fsp3) is 0.571. The van der Waals surface area contributed by atoms with E-state index in [1.54, 1.807) is 12.3 Å². The molecular formula is C14H22N4O. The number of hydrogen-bond donors (Lipinski definition) is 2. The van der Waals surface area contributed by atoms with Gasteiger partial charge >= 0.3 is 0 Å². The van der Waals surface area contributed by atoms with Crippen LogP contribution in [0.4, 0.5) is 5.69 Å². The van der Waals surface area contributed by atoms with Crippen LogP contribution < -0.4 is 16.0 Å². The van der Waals surface area contributed by atoms with Crippen molar-refractivity contribution < 1.29 is 4.79 Å². The van der Waals surface area contributed by atoms with Crippen LogP contribution in [0.15, 0.2) is 18.3 Å². The van der Waals surface area contributed by atoms with Gasteiger partial charge in [0.1, 0.15) is 5.69 Å². The molecule has 2 unspecified atom stereocenters. The van der Waals surface area contributed by atoms with Crippen molar-refractivity contribution in [3.05, 3.63) is 24.0 Å². The molecular weight excluding hydrogens is 240 g/mol. The van der Waals surface area contributed by atoms with Crippen molar-refractivity contribution in [3.63, 3.8) is 0 Å². The van der Waals surface area contributed by atoms with Crippen LogP contribution in [0.3, 0.4) is 0 Å². The average Bonchev–Trinajstić information content (AvgIpc) is 2.46. The average molecular weight is 262 g/mol. The number of primary amides is 1. The molecule has 0 saturated carbocycles. The summed E-state index contributed by atoms with van der Waals surface area (Å²) in [6.45, 7) is 4.24. The molecule has 0 aliphatic carbocycles. The monoisotopic (exact) mass is 262 g/mol. The molecule has 0 bridgehead atoms. The summed E-state index contributed by atoms with van der Waals surface area (Å²) in [5.74, 6) is 0.156. The Kier molecular flexibility index (Phi) is 4.37. The molecule has 1 saturated heterocycles. The van der Waals surface area contributed by atoms with Crippen LogP contribution in [-0.4, -0.2) is 37.1 Å². The Hall–Kier alpha value is -1.62. The molecule has 1 amide bonds. The van der Waals surface area contributed by atoms with Gasteiger partial charge in [0.15, 0.2) is 0 Å². The predicted octanol–water partition coefficient (Wildman–Crippen LogP) is 1.00. The Morgan fingerprint density at radius 2 is 2.42 bits per heavy atom. The second kappa shape index (κ2) is 6.02. The highest BCUT2D eigenvalue weighted by molar-refractivity contribution is 5.91. The minimum atomic E-state index is -0.473. The van der Waals surface area contributed by atoms with Crippen molar-refractivity contribution in [1.29, 1.82) is 0 Å². The molecule has 3 N–H and O–H groups in total. The minimum Gasteiger partial charge on any atom is -0.371 e. The number of amides is 1. The highest BCUT2D eigenvalue weighted by Gasteiger charge is 2.24. The van der Waals surface area contributed by atoms with E-state index >= 15 is 0 Å². The number of anilines is 1. The zero-order valence-electron chi connectivity index (χ0n) is 11.6. The number of piperidine rings is 1. The van der Waals surface area contributed by atoms with E-state index in [1.165, 1.54) is 12.8 Å². The molecule has 1 fully saturated rings. The van der Waals surface area contributed by atoms with Gasteiger partial charge in [0.2, 0.25) is 0 Å². The predicted molar refractivity (Wildman–Crippen MR) is 76.2 cm³/mol. The van der Waals surface area contributed by atoms with E-state index in [4.69, 9.17) is 5.73 Å². The number of hydrogen-bond acceptors (Lipinski definition) is 4. The summed E-state index contributed by atoms with van der Waals surface area (Å²) < 4.78 is 0. The summed E-state index contributed by atoms with van der Waals surface area (Å²) in [7, 11) is 2.00. The maximum absolute atomic E-state index is 11.2. The van der Waals surface area contributed by atoms with Gasteiger partial charge in [-0.25, -0.2) is 0 Å². The smallest absolute Gasteiger partial charge is 0.267 e. The molecule has 5 heteroatoms. The lowest BCUT2D eigenvalue weighted by Crippen LogP contribution is -2.43. The van der Waals surface area contributed by atoms with Gasteiger partial charge in [-0.05, 0) is 44.9 Å². The lowest BCUT2D eigenvalue weighted by molar-refractivity contribution is 0.0995. The number of carbonyl (C=O) groups is 1. The van der Waals surface area contributed by atoms with Gasteiger partial charge in [-0.15, -0.1) is 0 Å². The van der Waals surface area contributed by atoms with E-state index in [-0.39, 0.29) is 0 Å². The van der Waals surface area contributed by atoms with Crippen molar-refractivity contribution >= 4 is 11.6 Å². The largest absolute Gasteiger partial charge is 0.371 e. The standard InChI is InChI=1S/C14H22N4O/c1-10(16-2)11-4-3-7-18(9-11)12-5-6-17-13(8-12)14(15)19/h5-6,8,10-11,16H,3-4,7,9H2,1-2H3,(H2,15,19). The molecule has 0 radical (unpaired) electrons. The highest BCUT2D eigenvalue weighted by Crippen LogP contribution is 2.25. The normalized spacial score (nSPS) is 21.2. The van der Waals surface area contributed by atoms with Crippen LogP contribution in [0.2, 0.25) is 0 Å². The number of pyridine rings is 1. The van der Waals surface area contributed by atoms with Gasteiger partial charge in [-0.2, -0.15) is 0 Å². The number of nitrogens with zero attached hydrogens (tertiary/aromatic N) is 2. The first-order chi connectivity index (χ1) is 9.11. The SMILES string of the molecule is CNC(C)C1CCCN(c2ccnc(C(N)=O)c2)C1. The number of aromatic nitrogens is 1. The Morgan fingerprint density at radius 3 is 3.11 bits per heavy atom. The van der Waals surface area contributed by atoms with Gasteiger partial charge in [0.25, 0.3) is 5.91 Å². The zero-order valence-corrected chi connectivity index (χ0v) is 11.6. The third kappa shape index (κ3) is 3.23. The Morgan fingerprint density at radius 1 is 1.63 bits per heavy atom. The second-order valence-corrected chi connectivity index (χ2v) is 5.19. The molecule has 104 valence electrons. The lowest BCUT2D eigenvalue weighted by atomic mass is 9.91. The van der Waals surface area contributed by atoms with E-state index in [9.17, 15) is 4.79 Å². The Bertz CT molecular complexity index is 449. The van der Waals surface area contributed by atoms with Crippen LogP contribution in [0.5, 0.6) is 0 Å². The van der Waals surface area contributed by atoms with Gasteiger partial charge in [-0.1, -0.05) is 0 Å². The molecule has 19 heavy (non-hydrogen) atoms. The van der Waals surface area contributed by atoms with Crippen molar-refractivity contribution in [2.24, 2.45) is 11.7 Å². The van der Waals surface area contributed by atoms with Crippen molar-refractivity contribution in [3.8, 4) is 0 Å². The molecule has 2 heterocycles. The second-order valence-electron chi connectivity index (χ2n) is 5.19. The van der Waals surface area contributed by atoms with Crippen molar-refractivity contribution in [1.82, 2.24) is 10.3 Å². The van der Waals surface area contributed by atoms with Gasteiger partial charge in [0, 0.05) is 31.0 Å².